The van der Waals surface area contributed by atoms with Gasteiger partial charge in [-0.2, -0.15) is 0 Å². The lowest BCUT2D eigenvalue weighted by Gasteiger charge is -1.83. The van der Waals surface area contributed by atoms with Crippen LogP contribution in [0.15, 0.2) is 12.2 Å². The molecular weight excluding hydrogens is 96.0 g/mol. The maximum absolute atomic E-state index is 9.56. The van der Waals surface area contributed by atoms with Crippen molar-refractivity contribution >= 4 is 5.97 Å². The van der Waals surface area contributed by atoms with Crippen molar-refractivity contribution in [3.8, 4) is 0 Å². The lowest BCUT2D eigenvalue weighted by atomic mass is 10.3. The standard InChI is InChI=1S/C4H5O3/c1-3(2-5)4(6)7/h5H,1-2H2. The molecule has 0 saturated carbocycles. The minimum absolute atomic E-state index is 0.292. The molecule has 0 amide bonds. The van der Waals surface area contributed by atoms with Gasteiger partial charge in [0.05, 0.1) is 12.2 Å². The zero-order valence-corrected chi connectivity index (χ0v) is 3.68. The first-order valence-electron chi connectivity index (χ1n) is 1.68. The summed E-state index contributed by atoms with van der Waals surface area (Å²) in [6, 6.07) is 0. The van der Waals surface area contributed by atoms with Crippen LogP contribution in [0.5, 0.6) is 0 Å². The highest BCUT2D eigenvalue weighted by molar-refractivity contribution is 5.85. The molecule has 0 aliphatic carbocycles. The molecule has 0 aliphatic heterocycles. The molecule has 0 atom stereocenters. The van der Waals surface area contributed by atoms with E-state index in [1.165, 1.54) is 0 Å². The van der Waals surface area contributed by atoms with Crippen LogP contribution in [0.3, 0.4) is 0 Å². The molecule has 1 radical (unpaired) electrons. The Morgan fingerprint density at radius 3 is 2.14 bits per heavy atom. The molecule has 0 aromatic heterocycles. The molecule has 1 N–H and O–H groups in total. The Balaban J connectivity index is 3.58. The van der Waals surface area contributed by atoms with Gasteiger partial charge in [-0.15, -0.1) is 0 Å². The maximum Gasteiger partial charge on any atom is 0.384 e. The highest BCUT2D eigenvalue weighted by Gasteiger charge is 2.01. The lowest BCUT2D eigenvalue weighted by molar-refractivity contribution is -0.138. The van der Waals surface area contributed by atoms with Crippen molar-refractivity contribution in [2.45, 2.75) is 0 Å². The van der Waals surface area contributed by atoms with Crippen molar-refractivity contribution in [3.05, 3.63) is 12.2 Å². The third kappa shape index (κ3) is 1.94. The second-order valence-electron chi connectivity index (χ2n) is 1.05. The van der Waals surface area contributed by atoms with Gasteiger partial charge in [0, 0.05) is 0 Å². The first kappa shape index (κ1) is 6.17. The summed E-state index contributed by atoms with van der Waals surface area (Å²) >= 11 is 0. The smallest absolute Gasteiger partial charge is 0.384 e. The molecule has 0 fully saturated rings. The number of hydrogen-bond donors (Lipinski definition) is 1. The van der Waals surface area contributed by atoms with E-state index < -0.39 is 12.6 Å². The quantitative estimate of drug-likeness (QED) is 0.476. The number of carbonyl (C=O) groups excluding carboxylic acids is 1. The van der Waals surface area contributed by atoms with Gasteiger partial charge in [-0.3, -0.25) is 0 Å². The fraction of sp³-hybridized carbons (Fsp3) is 0.250. The third-order valence-corrected chi connectivity index (χ3v) is 0.480. The summed E-state index contributed by atoms with van der Waals surface area (Å²) in [4.78, 5) is 9.56. The molecule has 0 heterocycles. The first-order valence-corrected chi connectivity index (χ1v) is 1.68. The van der Waals surface area contributed by atoms with Crippen LogP contribution in [0.1, 0.15) is 0 Å². The minimum Gasteiger partial charge on any atom is -0.391 e. The van der Waals surface area contributed by atoms with Gasteiger partial charge in [0.1, 0.15) is 0 Å². The van der Waals surface area contributed by atoms with E-state index in [0.717, 1.165) is 0 Å². The van der Waals surface area contributed by atoms with Gasteiger partial charge >= 0.3 is 5.97 Å². The molecule has 0 spiro atoms. The van der Waals surface area contributed by atoms with Crippen molar-refractivity contribution < 1.29 is 15.0 Å². The van der Waals surface area contributed by atoms with Crippen molar-refractivity contribution in [3.63, 3.8) is 0 Å². The summed E-state index contributed by atoms with van der Waals surface area (Å²) in [5, 5.41) is 17.5. The van der Waals surface area contributed by atoms with Gasteiger partial charge in [-0.1, -0.05) is 6.58 Å². The predicted octanol–water partition coefficient (Wildman–Crippen LogP) is -0.508. The summed E-state index contributed by atoms with van der Waals surface area (Å²) in [6.45, 7) is 2.42. The van der Waals surface area contributed by atoms with Crippen molar-refractivity contribution in [2.24, 2.45) is 0 Å². The molecule has 0 aliphatic rings. The van der Waals surface area contributed by atoms with Gasteiger partial charge in [0.2, 0.25) is 0 Å². The number of aliphatic hydroxyl groups is 1. The normalized spacial score (nSPS) is 8.14. The molecule has 0 aromatic carbocycles. The Morgan fingerprint density at radius 2 is 2.14 bits per heavy atom. The lowest BCUT2D eigenvalue weighted by Crippen LogP contribution is -2.00. The van der Waals surface area contributed by atoms with E-state index in [4.69, 9.17) is 5.11 Å². The zero-order chi connectivity index (χ0) is 5.86. The monoisotopic (exact) mass is 101 g/mol. The van der Waals surface area contributed by atoms with Crippen molar-refractivity contribution in [1.29, 1.82) is 0 Å². The fourth-order valence-electron chi connectivity index (χ4n) is 0.0645. The summed E-state index contributed by atoms with van der Waals surface area (Å²) < 4.78 is 0. The van der Waals surface area contributed by atoms with Crippen molar-refractivity contribution in [1.82, 2.24) is 0 Å². The van der Waals surface area contributed by atoms with Crippen LogP contribution in [0, 0.1) is 0 Å². The van der Waals surface area contributed by atoms with Crippen LogP contribution in [0.25, 0.3) is 0 Å². The summed E-state index contributed by atoms with van der Waals surface area (Å²) in [6.07, 6.45) is 0. The summed E-state index contributed by atoms with van der Waals surface area (Å²) in [7, 11) is 0. The van der Waals surface area contributed by atoms with Gasteiger partial charge < -0.3 is 5.11 Å². The predicted molar refractivity (Wildman–Crippen MR) is 21.9 cm³/mol. The Bertz CT molecular complexity index is 95.1. The maximum atomic E-state index is 9.56. The number of carbonyl (C=O) groups is 1. The van der Waals surface area contributed by atoms with E-state index in [9.17, 15) is 9.90 Å². The summed E-state index contributed by atoms with van der Waals surface area (Å²) in [5.41, 5.74) is -0.292. The molecular formula is C4H5O3. The van der Waals surface area contributed by atoms with Crippen LogP contribution in [-0.4, -0.2) is 17.7 Å². The van der Waals surface area contributed by atoms with E-state index in [-0.39, 0.29) is 5.57 Å². The molecule has 7 heavy (non-hydrogen) atoms. The number of rotatable bonds is 2. The van der Waals surface area contributed by atoms with Crippen LogP contribution in [0.4, 0.5) is 0 Å². The minimum atomic E-state index is -1.40. The van der Waals surface area contributed by atoms with Gasteiger partial charge in [0.25, 0.3) is 0 Å². The highest BCUT2D eigenvalue weighted by atomic mass is 16.4. The molecule has 39 valence electrons. The van der Waals surface area contributed by atoms with Crippen LogP contribution < -0.4 is 0 Å². The fourth-order valence-corrected chi connectivity index (χ4v) is 0.0645. The Hall–Kier alpha value is -0.830. The Labute approximate surface area is 40.9 Å². The van der Waals surface area contributed by atoms with Crippen LogP contribution >= 0.6 is 0 Å². The molecule has 0 rings (SSSR count). The SMILES string of the molecule is C=C(CO)C([O])=O. The molecule has 3 heteroatoms. The van der Waals surface area contributed by atoms with Gasteiger partial charge in [-0.05, 0) is 0 Å². The third-order valence-electron chi connectivity index (χ3n) is 0.480. The highest BCUT2D eigenvalue weighted by Crippen LogP contribution is 1.84. The Morgan fingerprint density at radius 1 is 1.71 bits per heavy atom. The zero-order valence-electron chi connectivity index (χ0n) is 3.68. The van der Waals surface area contributed by atoms with Crippen LogP contribution in [-0.2, 0) is 9.90 Å². The topological polar surface area (TPSA) is 57.2 Å². The number of hydrogen-bond acceptors (Lipinski definition) is 2. The van der Waals surface area contributed by atoms with Gasteiger partial charge in [-0.25, -0.2) is 9.90 Å². The molecule has 0 saturated heterocycles. The number of aliphatic hydroxyl groups excluding tert-OH is 1. The van der Waals surface area contributed by atoms with Crippen molar-refractivity contribution in [2.75, 3.05) is 6.61 Å². The van der Waals surface area contributed by atoms with E-state index in [2.05, 4.69) is 6.58 Å². The van der Waals surface area contributed by atoms with E-state index in [1.54, 1.807) is 0 Å². The van der Waals surface area contributed by atoms with E-state index in [1.807, 2.05) is 0 Å². The summed E-state index contributed by atoms with van der Waals surface area (Å²) in [5.74, 6) is -1.40. The molecule has 0 unspecified atom stereocenters. The average Bonchev–Trinajstić information content (AvgIpc) is 1.65. The van der Waals surface area contributed by atoms with E-state index in [0.29, 0.717) is 0 Å². The van der Waals surface area contributed by atoms with E-state index >= 15 is 0 Å². The molecule has 0 aromatic rings. The van der Waals surface area contributed by atoms with Crippen LogP contribution in [0.2, 0.25) is 0 Å². The molecule has 0 bridgehead atoms. The largest absolute Gasteiger partial charge is 0.391 e. The Kier molecular flexibility index (Phi) is 2.08. The first-order chi connectivity index (χ1) is 3.18. The average molecular weight is 101 g/mol. The second kappa shape index (κ2) is 2.36. The molecule has 3 nitrogen and oxygen atoms in total. The van der Waals surface area contributed by atoms with Gasteiger partial charge in [0.15, 0.2) is 0 Å². The second-order valence-corrected chi connectivity index (χ2v) is 1.05.